The fourth-order valence-electron chi connectivity index (χ4n) is 2.60. The van der Waals surface area contributed by atoms with Gasteiger partial charge in [0.05, 0.1) is 6.54 Å². The molecule has 0 aromatic heterocycles. The van der Waals surface area contributed by atoms with Crippen LogP contribution in [0.1, 0.15) is 30.9 Å². The van der Waals surface area contributed by atoms with Gasteiger partial charge in [0, 0.05) is 13.3 Å². The van der Waals surface area contributed by atoms with E-state index in [1.807, 2.05) is 48.5 Å². The minimum atomic E-state index is -1.05. The lowest BCUT2D eigenvalue weighted by atomic mass is 10.1. The Balaban J connectivity index is 1.88. The van der Waals surface area contributed by atoms with Crippen molar-refractivity contribution in [1.82, 2.24) is 10.6 Å². The third-order valence-electron chi connectivity index (χ3n) is 4.22. The second-order valence-electron chi connectivity index (χ2n) is 6.81. The van der Waals surface area contributed by atoms with E-state index in [-0.39, 0.29) is 38.5 Å². The number of hydrogen-bond acceptors (Lipinski definition) is 6. The minimum Gasteiger partial charge on any atom is -0.461 e. The zero-order valence-corrected chi connectivity index (χ0v) is 17.3. The van der Waals surface area contributed by atoms with Gasteiger partial charge in [0.25, 0.3) is 0 Å². The molecule has 0 aliphatic carbocycles. The van der Waals surface area contributed by atoms with E-state index in [1.54, 1.807) is 12.1 Å². The van der Waals surface area contributed by atoms with Crippen molar-refractivity contribution in [3.05, 3.63) is 71.8 Å². The van der Waals surface area contributed by atoms with E-state index in [1.165, 1.54) is 6.92 Å². The van der Waals surface area contributed by atoms with Crippen molar-refractivity contribution in [2.24, 2.45) is 0 Å². The van der Waals surface area contributed by atoms with Gasteiger partial charge >= 0.3 is 11.9 Å². The Bertz CT molecular complexity index is 870. The summed E-state index contributed by atoms with van der Waals surface area (Å²) >= 11 is 0. The first-order valence-electron chi connectivity index (χ1n) is 9.88. The average Bonchev–Trinajstić information content (AvgIpc) is 2.78. The second kappa shape index (κ2) is 12.8. The molecule has 1 atom stereocenters. The summed E-state index contributed by atoms with van der Waals surface area (Å²) in [6, 6.07) is 17.2. The molecule has 2 rings (SSSR count). The van der Waals surface area contributed by atoms with Crippen molar-refractivity contribution in [3.63, 3.8) is 0 Å². The van der Waals surface area contributed by atoms with E-state index >= 15 is 0 Å². The third-order valence-corrected chi connectivity index (χ3v) is 4.22. The van der Waals surface area contributed by atoms with Crippen LogP contribution >= 0.6 is 0 Å². The number of hydrogen-bond donors (Lipinski definition) is 2. The molecular formula is C23H26N2O6. The summed E-state index contributed by atoms with van der Waals surface area (Å²) in [6.45, 7) is 1.16. The van der Waals surface area contributed by atoms with Crippen LogP contribution in [-0.2, 0) is 41.9 Å². The Labute approximate surface area is 180 Å². The van der Waals surface area contributed by atoms with Crippen molar-refractivity contribution < 1.29 is 28.7 Å². The van der Waals surface area contributed by atoms with Gasteiger partial charge in [-0.3, -0.25) is 14.4 Å². The van der Waals surface area contributed by atoms with Crippen LogP contribution in [0.4, 0.5) is 0 Å². The zero-order valence-electron chi connectivity index (χ0n) is 17.3. The SMILES string of the molecule is CC(=O)NCC(=O)N[C@@H](CCC(=O)OCc1ccccc1)C(=O)OCc1ccccc1. The van der Waals surface area contributed by atoms with E-state index in [4.69, 9.17) is 9.47 Å². The lowest BCUT2D eigenvalue weighted by Gasteiger charge is -2.18. The summed E-state index contributed by atoms with van der Waals surface area (Å²) in [7, 11) is 0. The van der Waals surface area contributed by atoms with Gasteiger partial charge in [0.15, 0.2) is 0 Å². The molecule has 2 aromatic rings. The standard InChI is InChI=1S/C23H26N2O6/c1-17(26)24-14-21(27)25-20(23(29)31-16-19-10-6-3-7-11-19)12-13-22(28)30-15-18-8-4-2-5-9-18/h2-11,20H,12-16H2,1H3,(H,24,26)(H,25,27)/t20-/m0/s1. The number of esters is 2. The molecule has 0 aliphatic heterocycles. The number of benzene rings is 2. The quantitative estimate of drug-likeness (QED) is 0.531. The molecule has 8 nitrogen and oxygen atoms in total. The van der Waals surface area contributed by atoms with Gasteiger partial charge in [-0.25, -0.2) is 4.79 Å². The summed E-state index contributed by atoms with van der Waals surface area (Å²) in [5.41, 5.74) is 1.64. The van der Waals surface area contributed by atoms with Crippen molar-refractivity contribution >= 4 is 23.8 Å². The highest BCUT2D eigenvalue weighted by atomic mass is 16.5. The van der Waals surface area contributed by atoms with Crippen LogP contribution in [0.25, 0.3) is 0 Å². The lowest BCUT2D eigenvalue weighted by Crippen LogP contribution is -2.46. The van der Waals surface area contributed by atoms with Crippen molar-refractivity contribution in [3.8, 4) is 0 Å². The van der Waals surface area contributed by atoms with Gasteiger partial charge in [-0.2, -0.15) is 0 Å². The van der Waals surface area contributed by atoms with E-state index in [9.17, 15) is 19.2 Å². The van der Waals surface area contributed by atoms with Gasteiger partial charge in [0.2, 0.25) is 11.8 Å². The number of carbonyl (C=O) groups is 4. The maximum absolute atomic E-state index is 12.5. The Kier molecular flexibility index (Phi) is 9.74. The first kappa shape index (κ1) is 23.6. The molecule has 0 unspecified atom stereocenters. The predicted octanol–water partition coefficient (Wildman–Crippen LogP) is 1.87. The highest BCUT2D eigenvalue weighted by Crippen LogP contribution is 2.08. The van der Waals surface area contributed by atoms with Crippen LogP contribution in [-0.4, -0.2) is 36.3 Å². The summed E-state index contributed by atoms with van der Waals surface area (Å²) in [6.07, 6.45) is -0.0780. The minimum absolute atomic E-state index is 0.00700. The highest BCUT2D eigenvalue weighted by molar-refractivity contribution is 5.88. The molecule has 2 amide bonds. The van der Waals surface area contributed by atoms with Crippen LogP contribution in [0.3, 0.4) is 0 Å². The Morgan fingerprint density at radius 2 is 1.39 bits per heavy atom. The molecular weight excluding hydrogens is 400 g/mol. The van der Waals surface area contributed by atoms with Crippen molar-refractivity contribution in [2.75, 3.05) is 6.54 Å². The molecule has 0 aliphatic rings. The molecule has 0 fully saturated rings. The van der Waals surface area contributed by atoms with Crippen LogP contribution < -0.4 is 10.6 Å². The number of carbonyl (C=O) groups excluding carboxylic acids is 4. The Morgan fingerprint density at radius 1 is 0.839 bits per heavy atom. The third kappa shape index (κ3) is 9.58. The Hall–Kier alpha value is -3.68. The molecule has 2 aromatic carbocycles. The summed E-state index contributed by atoms with van der Waals surface area (Å²) < 4.78 is 10.5. The fourth-order valence-corrected chi connectivity index (χ4v) is 2.60. The zero-order chi connectivity index (χ0) is 22.5. The largest absolute Gasteiger partial charge is 0.461 e. The van der Waals surface area contributed by atoms with E-state index in [0.717, 1.165) is 11.1 Å². The summed E-state index contributed by atoms with van der Waals surface area (Å²) in [4.78, 5) is 47.6. The van der Waals surface area contributed by atoms with Gasteiger partial charge in [0.1, 0.15) is 19.3 Å². The average molecular weight is 426 g/mol. The first-order valence-corrected chi connectivity index (χ1v) is 9.88. The van der Waals surface area contributed by atoms with Crippen LogP contribution in [0.2, 0.25) is 0 Å². The Morgan fingerprint density at radius 3 is 1.94 bits per heavy atom. The monoisotopic (exact) mass is 426 g/mol. The molecule has 164 valence electrons. The van der Waals surface area contributed by atoms with Crippen LogP contribution in [0.5, 0.6) is 0 Å². The van der Waals surface area contributed by atoms with E-state index < -0.39 is 23.9 Å². The normalized spacial score (nSPS) is 11.1. The first-order chi connectivity index (χ1) is 14.9. The fraction of sp³-hybridized carbons (Fsp3) is 0.304. The molecule has 2 N–H and O–H groups in total. The number of ether oxygens (including phenoxy) is 2. The van der Waals surface area contributed by atoms with Gasteiger partial charge in [-0.1, -0.05) is 60.7 Å². The summed E-state index contributed by atoms with van der Waals surface area (Å²) in [5, 5.41) is 4.86. The molecule has 0 heterocycles. The van der Waals surface area contributed by atoms with Crippen LogP contribution in [0, 0.1) is 0 Å². The van der Waals surface area contributed by atoms with Crippen molar-refractivity contribution in [1.29, 1.82) is 0 Å². The van der Waals surface area contributed by atoms with Crippen molar-refractivity contribution in [2.45, 2.75) is 39.0 Å². The van der Waals surface area contributed by atoms with E-state index in [0.29, 0.717) is 0 Å². The number of rotatable bonds is 11. The summed E-state index contributed by atoms with van der Waals surface area (Å²) in [5.74, 6) is -2.10. The second-order valence-corrected chi connectivity index (χ2v) is 6.81. The lowest BCUT2D eigenvalue weighted by molar-refractivity contribution is -0.150. The smallest absolute Gasteiger partial charge is 0.328 e. The van der Waals surface area contributed by atoms with Crippen LogP contribution in [0.15, 0.2) is 60.7 Å². The molecule has 0 radical (unpaired) electrons. The highest BCUT2D eigenvalue weighted by Gasteiger charge is 2.24. The molecule has 0 saturated heterocycles. The topological polar surface area (TPSA) is 111 Å². The predicted molar refractivity (Wildman–Crippen MR) is 112 cm³/mol. The van der Waals surface area contributed by atoms with Gasteiger partial charge < -0.3 is 20.1 Å². The maximum Gasteiger partial charge on any atom is 0.328 e. The molecule has 0 saturated carbocycles. The molecule has 0 spiro atoms. The molecule has 8 heteroatoms. The maximum atomic E-state index is 12.5. The molecule has 0 bridgehead atoms. The van der Waals surface area contributed by atoms with E-state index in [2.05, 4.69) is 10.6 Å². The van der Waals surface area contributed by atoms with Gasteiger partial charge in [-0.15, -0.1) is 0 Å². The molecule has 31 heavy (non-hydrogen) atoms. The number of amides is 2. The van der Waals surface area contributed by atoms with Gasteiger partial charge in [-0.05, 0) is 17.5 Å². The number of nitrogens with one attached hydrogen (secondary N) is 2.